The van der Waals surface area contributed by atoms with Crippen molar-refractivity contribution < 1.29 is 14.3 Å². The van der Waals surface area contributed by atoms with Crippen LogP contribution in [0.3, 0.4) is 0 Å². The van der Waals surface area contributed by atoms with Gasteiger partial charge in [-0.1, -0.05) is 6.07 Å². The first-order valence-electron chi connectivity index (χ1n) is 5.34. The SMILES string of the molecule is NC(=O)COCCNC(=O)Nc1cccc(N)c1. The number of rotatable bonds is 6. The van der Waals surface area contributed by atoms with E-state index in [0.29, 0.717) is 11.4 Å². The Balaban J connectivity index is 2.20. The fraction of sp³-hybridized carbons (Fsp3) is 0.273. The topological polar surface area (TPSA) is 119 Å². The quantitative estimate of drug-likeness (QED) is 0.417. The number of nitrogens with two attached hydrogens (primary N) is 2. The number of primary amides is 1. The molecule has 0 atom stereocenters. The third-order valence-electron chi connectivity index (χ3n) is 1.92. The second-order valence-corrected chi connectivity index (χ2v) is 3.53. The van der Waals surface area contributed by atoms with E-state index in [9.17, 15) is 9.59 Å². The van der Waals surface area contributed by atoms with Gasteiger partial charge in [0.25, 0.3) is 0 Å². The number of urea groups is 1. The molecule has 3 amide bonds. The van der Waals surface area contributed by atoms with Gasteiger partial charge in [-0.25, -0.2) is 4.79 Å². The number of carbonyl (C=O) groups is 2. The van der Waals surface area contributed by atoms with Gasteiger partial charge in [-0.2, -0.15) is 0 Å². The number of anilines is 2. The van der Waals surface area contributed by atoms with Crippen molar-refractivity contribution in [2.45, 2.75) is 0 Å². The average molecular weight is 252 g/mol. The Labute approximate surface area is 104 Å². The summed E-state index contributed by atoms with van der Waals surface area (Å²) in [6, 6.07) is 6.45. The Morgan fingerprint density at radius 3 is 2.78 bits per heavy atom. The number of benzene rings is 1. The van der Waals surface area contributed by atoms with E-state index >= 15 is 0 Å². The minimum absolute atomic E-state index is 0.154. The number of nitrogens with one attached hydrogen (secondary N) is 2. The van der Waals surface area contributed by atoms with Crippen LogP contribution < -0.4 is 22.1 Å². The van der Waals surface area contributed by atoms with Crippen molar-refractivity contribution in [2.24, 2.45) is 5.73 Å². The van der Waals surface area contributed by atoms with E-state index in [-0.39, 0.29) is 25.8 Å². The maximum atomic E-state index is 11.4. The molecule has 0 spiro atoms. The summed E-state index contributed by atoms with van der Waals surface area (Å²) in [7, 11) is 0. The molecule has 6 N–H and O–H groups in total. The van der Waals surface area contributed by atoms with Crippen LogP contribution in [-0.2, 0) is 9.53 Å². The molecule has 18 heavy (non-hydrogen) atoms. The summed E-state index contributed by atoms with van der Waals surface area (Å²) in [4.78, 5) is 21.8. The van der Waals surface area contributed by atoms with Gasteiger partial charge in [-0.3, -0.25) is 4.79 Å². The molecule has 0 fully saturated rings. The number of nitrogen functional groups attached to an aromatic ring is 1. The number of hydrogen-bond acceptors (Lipinski definition) is 4. The van der Waals surface area contributed by atoms with E-state index in [1.165, 1.54) is 0 Å². The van der Waals surface area contributed by atoms with Crippen LogP contribution in [0, 0.1) is 0 Å². The Morgan fingerprint density at radius 1 is 1.33 bits per heavy atom. The van der Waals surface area contributed by atoms with Crippen molar-refractivity contribution in [1.29, 1.82) is 0 Å². The third-order valence-corrected chi connectivity index (χ3v) is 1.92. The van der Waals surface area contributed by atoms with Crippen molar-refractivity contribution >= 4 is 23.3 Å². The molecule has 0 aliphatic carbocycles. The minimum Gasteiger partial charge on any atom is -0.399 e. The highest BCUT2D eigenvalue weighted by Gasteiger charge is 2.01. The van der Waals surface area contributed by atoms with Gasteiger partial charge in [0.05, 0.1) is 6.61 Å². The molecule has 0 aliphatic heterocycles. The van der Waals surface area contributed by atoms with E-state index < -0.39 is 5.91 Å². The Hall–Kier alpha value is -2.28. The standard InChI is InChI=1S/C11H16N4O3/c12-8-2-1-3-9(6-8)15-11(17)14-4-5-18-7-10(13)16/h1-3,6H,4-5,7,12H2,(H2,13,16)(H2,14,15,17). The predicted molar refractivity (Wildman–Crippen MR) is 67.9 cm³/mol. The highest BCUT2D eigenvalue weighted by molar-refractivity contribution is 5.89. The van der Waals surface area contributed by atoms with Crippen LogP contribution in [-0.4, -0.2) is 31.7 Å². The largest absolute Gasteiger partial charge is 0.399 e. The smallest absolute Gasteiger partial charge is 0.319 e. The highest BCUT2D eigenvalue weighted by Crippen LogP contribution is 2.11. The van der Waals surface area contributed by atoms with Crippen LogP contribution in [0.1, 0.15) is 0 Å². The van der Waals surface area contributed by atoms with Crippen LogP contribution in [0.2, 0.25) is 0 Å². The van der Waals surface area contributed by atoms with E-state index in [4.69, 9.17) is 16.2 Å². The normalized spacial score (nSPS) is 9.78. The zero-order valence-electron chi connectivity index (χ0n) is 9.81. The van der Waals surface area contributed by atoms with Crippen molar-refractivity contribution in [3.05, 3.63) is 24.3 Å². The fourth-order valence-electron chi connectivity index (χ4n) is 1.20. The molecular formula is C11H16N4O3. The summed E-state index contributed by atoms with van der Waals surface area (Å²) in [5.74, 6) is -0.542. The first kappa shape index (κ1) is 13.8. The molecule has 0 radical (unpaired) electrons. The predicted octanol–water partition coefficient (Wildman–Crippen LogP) is -0.108. The van der Waals surface area contributed by atoms with Crippen molar-refractivity contribution in [1.82, 2.24) is 5.32 Å². The lowest BCUT2D eigenvalue weighted by Gasteiger charge is -2.08. The molecule has 0 aliphatic rings. The lowest BCUT2D eigenvalue weighted by atomic mass is 10.3. The molecule has 0 heterocycles. The van der Waals surface area contributed by atoms with Gasteiger partial charge in [0.2, 0.25) is 5.91 Å². The van der Waals surface area contributed by atoms with Gasteiger partial charge in [0.1, 0.15) is 6.61 Å². The van der Waals surface area contributed by atoms with Gasteiger partial charge in [0, 0.05) is 17.9 Å². The highest BCUT2D eigenvalue weighted by atomic mass is 16.5. The summed E-state index contributed by atoms with van der Waals surface area (Å²) < 4.78 is 4.88. The molecule has 0 saturated heterocycles. The number of hydrogen-bond donors (Lipinski definition) is 4. The van der Waals surface area contributed by atoms with Crippen molar-refractivity contribution in [3.63, 3.8) is 0 Å². The monoisotopic (exact) mass is 252 g/mol. The summed E-state index contributed by atoms with van der Waals surface area (Å²) in [5.41, 5.74) is 11.6. The third kappa shape index (κ3) is 5.71. The maximum absolute atomic E-state index is 11.4. The van der Waals surface area contributed by atoms with E-state index in [1.807, 2.05) is 0 Å². The molecule has 98 valence electrons. The minimum atomic E-state index is -0.542. The first-order valence-corrected chi connectivity index (χ1v) is 5.34. The summed E-state index contributed by atoms with van der Waals surface area (Å²) >= 11 is 0. The lowest BCUT2D eigenvalue weighted by molar-refractivity contribution is -0.122. The van der Waals surface area contributed by atoms with Crippen molar-refractivity contribution in [2.75, 3.05) is 30.8 Å². The van der Waals surface area contributed by atoms with Crippen LogP contribution in [0.5, 0.6) is 0 Å². The van der Waals surface area contributed by atoms with Gasteiger partial charge >= 0.3 is 6.03 Å². The molecule has 7 nitrogen and oxygen atoms in total. The van der Waals surface area contributed by atoms with E-state index in [2.05, 4.69) is 10.6 Å². The van der Waals surface area contributed by atoms with Gasteiger partial charge < -0.3 is 26.8 Å². The summed E-state index contributed by atoms with van der Waals surface area (Å²) in [5, 5.41) is 5.16. The molecule has 1 aromatic carbocycles. The second-order valence-electron chi connectivity index (χ2n) is 3.53. The number of ether oxygens (including phenoxy) is 1. The van der Waals surface area contributed by atoms with E-state index in [0.717, 1.165) is 0 Å². The van der Waals surface area contributed by atoms with Crippen LogP contribution in [0.25, 0.3) is 0 Å². The molecule has 1 aromatic rings. The first-order chi connectivity index (χ1) is 8.58. The summed E-state index contributed by atoms with van der Waals surface area (Å²) in [6.45, 7) is 0.341. The Morgan fingerprint density at radius 2 is 2.11 bits per heavy atom. The molecular weight excluding hydrogens is 236 g/mol. The van der Waals surface area contributed by atoms with Crippen molar-refractivity contribution in [3.8, 4) is 0 Å². The maximum Gasteiger partial charge on any atom is 0.319 e. The summed E-state index contributed by atoms with van der Waals surface area (Å²) in [6.07, 6.45) is 0. The van der Waals surface area contributed by atoms with Gasteiger partial charge in [-0.05, 0) is 18.2 Å². The zero-order valence-corrected chi connectivity index (χ0v) is 9.81. The fourth-order valence-corrected chi connectivity index (χ4v) is 1.20. The van der Waals surface area contributed by atoms with Gasteiger partial charge in [-0.15, -0.1) is 0 Å². The van der Waals surface area contributed by atoms with Crippen LogP contribution in [0.4, 0.5) is 16.2 Å². The van der Waals surface area contributed by atoms with Crippen LogP contribution in [0.15, 0.2) is 24.3 Å². The molecule has 0 unspecified atom stereocenters. The number of amides is 3. The lowest BCUT2D eigenvalue weighted by Crippen LogP contribution is -2.32. The average Bonchev–Trinajstić information content (AvgIpc) is 2.28. The molecule has 1 rings (SSSR count). The Kier molecular flexibility index (Phi) is 5.46. The molecule has 0 aromatic heterocycles. The number of carbonyl (C=O) groups excluding carboxylic acids is 2. The molecule has 0 saturated carbocycles. The molecule has 7 heteroatoms. The Bertz CT molecular complexity index is 423. The van der Waals surface area contributed by atoms with Gasteiger partial charge in [0.15, 0.2) is 0 Å². The zero-order chi connectivity index (χ0) is 13.4. The second kappa shape index (κ2) is 7.13. The molecule has 0 bridgehead atoms. The van der Waals surface area contributed by atoms with E-state index in [1.54, 1.807) is 24.3 Å². The van der Waals surface area contributed by atoms with Crippen LogP contribution >= 0.6 is 0 Å².